The number of aryl methyl sites for hydroxylation is 1. The van der Waals surface area contributed by atoms with E-state index in [1.54, 1.807) is 30.3 Å². The molecule has 1 heterocycles. The zero-order chi connectivity index (χ0) is 19.8. The number of hydrogen-bond acceptors (Lipinski definition) is 4. The van der Waals surface area contributed by atoms with Gasteiger partial charge in [-0.15, -0.1) is 11.3 Å². The van der Waals surface area contributed by atoms with Crippen molar-refractivity contribution < 1.29 is 9.59 Å². The number of carbonyl (C=O) groups is 2. The summed E-state index contributed by atoms with van der Waals surface area (Å²) in [5.74, 6) is -0.313. The molecule has 2 aromatic carbocycles. The summed E-state index contributed by atoms with van der Waals surface area (Å²) in [6.07, 6.45) is 1.08. The second-order valence-corrected chi connectivity index (χ2v) is 7.36. The zero-order valence-corrected chi connectivity index (χ0v) is 16.6. The third-order valence-electron chi connectivity index (χ3n) is 3.86. The van der Waals surface area contributed by atoms with Gasteiger partial charge in [0.05, 0.1) is 4.88 Å². The van der Waals surface area contributed by atoms with Gasteiger partial charge in [-0.25, -0.2) is 0 Å². The molecule has 3 aromatic rings. The number of amides is 2. The van der Waals surface area contributed by atoms with Gasteiger partial charge in [0.1, 0.15) is 0 Å². The third-order valence-corrected chi connectivity index (χ3v) is 4.93. The molecule has 0 aliphatic rings. The Kier molecular flexibility index (Phi) is 6.89. The van der Waals surface area contributed by atoms with Gasteiger partial charge < -0.3 is 10.6 Å². The molecule has 0 fully saturated rings. The van der Waals surface area contributed by atoms with Crippen LogP contribution in [0.3, 0.4) is 0 Å². The van der Waals surface area contributed by atoms with Crippen LogP contribution in [-0.2, 0) is 11.2 Å². The Morgan fingerprint density at radius 2 is 1.64 bits per heavy atom. The Labute approximate surface area is 172 Å². The van der Waals surface area contributed by atoms with Crippen LogP contribution in [0, 0.1) is 0 Å². The highest BCUT2D eigenvalue weighted by Crippen LogP contribution is 2.16. The molecule has 5 nitrogen and oxygen atoms in total. The number of nitrogens with one attached hydrogen (secondary N) is 3. The van der Waals surface area contributed by atoms with Gasteiger partial charge in [-0.1, -0.05) is 42.5 Å². The molecule has 28 heavy (non-hydrogen) atoms. The molecule has 0 aliphatic heterocycles. The average Bonchev–Trinajstić information content (AvgIpc) is 3.22. The normalized spacial score (nSPS) is 10.1. The number of benzene rings is 2. The number of thiocarbonyl (C=S) groups is 1. The molecule has 142 valence electrons. The van der Waals surface area contributed by atoms with E-state index in [9.17, 15) is 9.59 Å². The number of anilines is 2. The SMILES string of the molecule is O=C(CCc1ccccc1)Nc1cccc(NC(=S)NC(=O)c2cccs2)c1. The summed E-state index contributed by atoms with van der Waals surface area (Å²) in [7, 11) is 0. The molecule has 0 aliphatic carbocycles. The van der Waals surface area contributed by atoms with E-state index in [0.717, 1.165) is 5.56 Å². The summed E-state index contributed by atoms with van der Waals surface area (Å²) in [5.41, 5.74) is 2.47. The van der Waals surface area contributed by atoms with E-state index in [-0.39, 0.29) is 16.9 Å². The molecular weight excluding hydrogens is 390 g/mol. The minimum atomic E-state index is -0.252. The number of rotatable bonds is 6. The predicted octanol–water partition coefficient (Wildman–Crippen LogP) is 4.45. The largest absolute Gasteiger partial charge is 0.332 e. The Morgan fingerprint density at radius 3 is 2.36 bits per heavy atom. The molecular formula is C21H19N3O2S2. The molecule has 3 N–H and O–H groups in total. The van der Waals surface area contributed by atoms with Crippen LogP contribution in [0.5, 0.6) is 0 Å². The van der Waals surface area contributed by atoms with Crippen molar-refractivity contribution in [3.63, 3.8) is 0 Å². The van der Waals surface area contributed by atoms with E-state index in [1.165, 1.54) is 11.3 Å². The van der Waals surface area contributed by atoms with Crippen molar-refractivity contribution in [1.82, 2.24) is 5.32 Å². The van der Waals surface area contributed by atoms with Crippen LogP contribution >= 0.6 is 23.6 Å². The maximum absolute atomic E-state index is 12.2. The lowest BCUT2D eigenvalue weighted by Crippen LogP contribution is -2.33. The first-order valence-electron chi connectivity index (χ1n) is 8.70. The van der Waals surface area contributed by atoms with E-state index in [2.05, 4.69) is 16.0 Å². The standard InChI is InChI=1S/C21H19N3O2S2/c25-19(12-11-15-6-2-1-3-7-15)22-16-8-4-9-17(14-16)23-21(27)24-20(26)18-10-5-13-28-18/h1-10,13-14H,11-12H2,(H,22,25)(H2,23,24,26,27). The van der Waals surface area contributed by atoms with Crippen LogP contribution in [0.2, 0.25) is 0 Å². The monoisotopic (exact) mass is 409 g/mol. The topological polar surface area (TPSA) is 70.2 Å². The lowest BCUT2D eigenvalue weighted by molar-refractivity contribution is -0.116. The van der Waals surface area contributed by atoms with Gasteiger partial charge in [-0.2, -0.15) is 0 Å². The quantitative estimate of drug-likeness (QED) is 0.526. The van der Waals surface area contributed by atoms with Gasteiger partial charge in [0, 0.05) is 17.8 Å². The van der Waals surface area contributed by atoms with Crippen molar-refractivity contribution in [2.75, 3.05) is 10.6 Å². The highest BCUT2D eigenvalue weighted by molar-refractivity contribution is 7.80. The average molecular weight is 410 g/mol. The van der Waals surface area contributed by atoms with Gasteiger partial charge in [-0.3, -0.25) is 14.9 Å². The van der Waals surface area contributed by atoms with E-state index in [1.807, 2.05) is 41.8 Å². The van der Waals surface area contributed by atoms with Gasteiger partial charge in [0.15, 0.2) is 5.11 Å². The van der Waals surface area contributed by atoms with Crippen molar-refractivity contribution in [3.05, 3.63) is 82.6 Å². The molecule has 1 aromatic heterocycles. The second-order valence-electron chi connectivity index (χ2n) is 6.00. The molecule has 3 rings (SSSR count). The number of thiophene rings is 1. The van der Waals surface area contributed by atoms with Gasteiger partial charge in [0.25, 0.3) is 5.91 Å². The van der Waals surface area contributed by atoms with Crippen molar-refractivity contribution in [2.45, 2.75) is 12.8 Å². The van der Waals surface area contributed by atoms with E-state index < -0.39 is 0 Å². The summed E-state index contributed by atoms with van der Waals surface area (Å²) in [6, 6.07) is 20.6. The molecule has 0 saturated carbocycles. The number of hydrogen-bond donors (Lipinski definition) is 3. The van der Waals surface area contributed by atoms with Crippen LogP contribution in [0.25, 0.3) is 0 Å². The summed E-state index contributed by atoms with van der Waals surface area (Å²) in [6.45, 7) is 0. The molecule has 0 radical (unpaired) electrons. The van der Waals surface area contributed by atoms with Crippen LogP contribution in [0.15, 0.2) is 72.1 Å². The van der Waals surface area contributed by atoms with Crippen LogP contribution in [0.4, 0.5) is 11.4 Å². The summed E-state index contributed by atoms with van der Waals surface area (Å²) in [4.78, 5) is 24.8. The Bertz CT molecular complexity index is 957. The van der Waals surface area contributed by atoms with Gasteiger partial charge >= 0.3 is 0 Å². The Hall–Kier alpha value is -3.03. The minimum Gasteiger partial charge on any atom is -0.332 e. The Balaban J connectivity index is 1.51. The third kappa shape index (κ3) is 6.00. The maximum Gasteiger partial charge on any atom is 0.267 e. The first-order valence-corrected chi connectivity index (χ1v) is 9.98. The van der Waals surface area contributed by atoms with Gasteiger partial charge in [0.2, 0.25) is 5.91 Å². The van der Waals surface area contributed by atoms with Crippen molar-refractivity contribution in [3.8, 4) is 0 Å². The summed E-state index contributed by atoms with van der Waals surface area (Å²) in [5, 5.41) is 10.5. The summed E-state index contributed by atoms with van der Waals surface area (Å²) >= 11 is 6.53. The second kappa shape index (κ2) is 9.77. The molecule has 0 spiro atoms. The van der Waals surface area contributed by atoms with Crippen molar-refractivity contribution in [2.24, 2.45) is 0 Å². The van der Waals surface area contributed by atoms with Crippen LogP contribution in [-0.4, -0.2) is 16.9 Å². The number of carbonyl (C=O) groups excluding carboxylic acids is 2. The fourth-order valence-electron chi connectivity index (χ4n) is 2.54. The molecule has 7 heteroatoms. The van der Waals surface area contributed by atoms with E-state index in [0.29, 0.717) is 29.1 Å². The molecule has 0 bridgehead atoms. The smallest absolute Gasteiger partial charge is 0.267 e. The highest BCUT2D eigenvalue weighted by atomic mass is 32.1. The highest BCUT2D eigenvalue weighted by Gasteiger charge is 2.09. The van der Waals surface area contributed by atoms with E-state index in [4.69, 9.17) is 12.2 Å². The van der Waals surface area contributed by atoms with Crippen molar-refractivity contribution in [1.29, 1.82) is 0 Å². The first kappa shape index (κ1) is 19.7. The first-order chi connectivity index (χ1) is 13.6. The van der Waals surface area contributed by atoms with Crippen LogP contribution in [0.1, 0.15) is 21.7 Å². The molecule has 2 amide bonds. The zero-order valence-electron chi connectivity index (χ0n) is 15.0. The predicted molar refractivity (Wildman–Crippen MR) is 118 cm³/mol. The lowest BCUT2D eigenvalue weighted by atomic mass is 10.1. The lowest BCUT2D eigenvalue weighted by Gasteiger charge is -2.11. The van der Waals surface area contributed by atoms with Crippen LogP contribution < -0.4 is 16.0 Å². The molecule has 0 atom stereocenters. The fourth-order valence-corrected chi connectivity index (χ4v) is 3.37. The molecule has 0 unspecified atom stereocenters. The fraction of sp³-hybridized carbons (Fsp3) is 0.0952. The van der Waals surface area contributed by atoms with Crippen molar-refractivity contribution >= 4 is 51.9 Å². The minimum absolute atomic E-state index is 0.0606. The Morgan fingerprint density at radius 1 is 0.893 bits per heavy atom. The van der Waals surface area contributed by atoms with E-state index >= 15 is 0 Å². The van der Waals surface area contributed by atoms with Gasteiger partial charge in [-0.05, 0) is 53.8 Å². The summed E-state index contributed by atoms with van der Waals surface area (Å²) < 4.78 is 0. The maximum atomic E-state index is 12.2. The molecule has 0 saturated heterocycles.